The SMILES string of the molecule is CCOC(=O)C12CC(C)(c3ccccc3)OOC1CN(Cc1ccccc1)C2=O. The lowest BCUT2D eigenvalue weighted by molar-refractivity contribution is -0.424. The van der Waals surface area contributed by atoms with Crippen molar-refractivity contribution in [1.29, 1.82) is 0 Å². The van der Waals surface area contributed by atoms with E-state index in [0.717, 1.165) is 11.1 Å². The number of hydrogen-bond acceptors (Lipinski definition) is 5. The predicted octanol–water partition coefficient (Wildman–Crippen LogP) is 3.21. The molecular formula is C23H25NO5. The van der Waals surface area contributed by atoms with Crippen LogP contribution < -0.4 is 0 Å². The van der Waals surface area contributed by atoms with Gasteiger partial charge >= 0.3 is 5.97 Å². The Hall–Kier alpha value is -2.70. The summed E-state index contributed by atoms with van der Waals surface area (Å²) in [5, 5.41) is 0. The molecule has 6 nitrogen and oxygen atoms in total. The minimum atomic E-state index is -1.42. The van der Waals surface area contributed by atoms with Crippen molar-refractivity contribution in [2.45, 2.75) is 38.5 Å². The predicted molar refractivity (Wildman–Crippen MR) is 105 cm³/mol. The number of nitrogens with zero attached hydrogens (tertiary/aromatic N) is 1. The molecule has 6 heteroatoms. The van der Waals surface area contributed by atoms with Crippen LogP contribution in [-0.4, -0.2) is 36.0 Å². The number of carbonyl (C=O) groups excluding carboxylic acids is 2. The fourth-order valence-electron chi connectivity index (χ4n) is 4.32. The Morgan fingerprint density at radius 2 is 1.79 bits per heavy atom. The average Bonchev–Trinajstić information content (AvgIpc) is 3.02. The van der Waals surface area contributed by atoms with Gasteiger partial charge in [0.1, 0.15) is 11.7 Å². The Bertz CT molecular complexity index is 887. The normalized spacial score (nSPS) is 28.8. The van der Waals surface area contributed by atoms with E-state index in [1.807, 2.05) is 67.6 Å². The quantitative estimate of drug-likeness (QED) is 0.442. The lowest BCUT2D eigenvalue weighted by Gasteiger charge is -2.43. The maximum atomic E-state index is 13.6. The van der Waals surface area contributed by atoms with Crippen LogP contribution in [0, 0.1) is 5.41 Å². The monoisotopic (exact) mass is 395 g/mol. The Labute approximate surface area is 170 Å². The number of fused-ring (bicyclic) bond motifs is 1. The highest BCUT2D eigenvalue weighted by molar-refractivity contribution is 6.05. The lowest BCUT2D eigenvalue weighted by atomic mass is 9.72. The van der Waals surface area contributed by atoms with Crippen LogP contribution in [0.5, 0.6) is 0 Å². The highest BCUT2D eigenvalue weighted by Gasteiger charge is 2.67. The van der Waals surface area contributed by atoms with Crippen molar-refractivity contribution in [2.75, 3.05) is 13.2 Å². The van der Waals surface area contributed by atoms with E-state index in [0.29, 0.717) is 6.54 Å². The van der Waals surface area contributed by atoms with E-state index in [9.17, 15) is 9.59 Å². The van der Waals surface area contributed by atoms with Crippen LogP contribution in [0.2, 0.25) is 0 Å². The summed E-state index contributed by atoms with van der Waals surface area (Å²) in [5.41, 5.74) is -0.530. The van der Waals surface area contributed by atoms with Gasteiger partial charge in [-0.05, 0) is 25.0 Å². The minimum absolute atomic E-state index is 0.164. The Kier molecular flexibility index (Phi) is 5.15. The van der Waals surface area contributed by atoms with Crippen LogP contribution in [0.3, 0.4) is 0 Å². The highest BCUT2D eigenvalue weighted by Crippen LogP contribution is 2.51. The zero-order valence-electron chi connectivity index (χ0n) is 16.7. The van der Waals surface area contributed by atoms with E-state index in [1.165, 1.54) is 0 Å². The van der Waals surface area contributed by atoms with Gasteiger partial charge in [0.15, 0.2) is 5.41 Å². The second-order valence-electron chi connectivity index (χ2n) is 7.80. The lowest BCUT2D eigenvalue weighted by Crippen LogP contribution is -2.55. The van der Waals surface area contributed by atoms with Gasteiger partial charge in [-0.3, -0.25) is 9.59 Å². The third kappa shape index (κ3) is 3.32. The average molecular weight is 395 g/mol. The molecule has 2 aliphatic heterocycles. The second-order valence-corrected chi connectivity index (χ2v) is 7.80. The van der Waals surface area contributed by atoms with Crippen molar-refractivity contribution < 1.29 is 24.1 Å². The van der Waals surface area contributed by atoms with Gasteiger partial charge in [-0.15, -0.1) is 0 Å². The molecule has 0 radical (unpaired) electrons. The molecule has 0 spiro atoms. The molecule has 0 saturated carbocycles. The first-order valence-corrected chi connectivity index (χ1v) is 9.90. The van der Waals surface area contributed by atoms with Crippen molar-refractivity contribution in [3.8, 4) is 0 Å². The molecule has 3 unspecified atom stereocenters. The molecule has 1 amide bonds. The number of esters is 1. The number of ether oxygens (including phenoxy) is 1. The van der Waals surface area contributed by atoms with Crippen molar-refractivity contribution in [3.63, 3.8) is 0 Å². The van der Waals surface area contributed by atoms with Gasteiger partial charge < -0.3 is 9.64 Å². The molecule has 4 rings (SSSR count). The smallest absolute Gasteiger partial charge is 0.324 e. The molecule has 2 aromatic rings. The number of carbonyl (C=O) groups is 2. The fourth-order valence-corrected chi connectivity index (χ4v) is 4.32. The molecule has 29 heavy (non-hydrogen) atoms. The first kappa shape index (κ1) is 19.6. The van der Waals surface area contributed by atoms with Crippen molar-refractivity contribution >= 4 is 11.9 Å². The van der Waals surface area contributed by atoms with Gasteiger partial charge in [-0.1, -0.05) is 60.7 Å². The summed E-state index contributed by atoms with van der Waals surface area (Å²) in [7, 11) is 0. The number of hydrogen-bond donors (Lipinski definition) is 0. The standard InChI is InChI=1S/C23H25NO5/c1-3-27-21(26)23-16-22(2,18-12-8-5-9-13-18)29-28-19(23)15-24(20(23)25)14-17-10-6-4-7-11-17/h4-13,19H,3,14-16H2,1-2H3. The molecule has 3 atom stereocenters. The highest BCUT2D eigenvalue weighted by atomic mass is 17.2. The zero-order valence-corrected chi connectivity index (χ0v) is 16.7. The van der Waals surface area contributed by atoms with Crippen LogP contribution >= 0.6 is 0 Å². The maximum Gasteiger partial charge on any atom is 0.324 e. The molecule has 2 heterocycles. The third-order valence-electron chi connectivity index (χ3n) is 5.81. The van der Waals surface area contributed by atoms with Gasteiger partial charge in [0.25, 0.3) is 0 Å². The largest absolute Gasteiger partial charge is 0.465 e. The van der Waals surface area contributed by atoms with E-state index in [-0.39, 0.29) is 25.5 Å². The fraction of sp³-hybridized carbons (Fsp3) is 0.391. The topological polar surface area (TPSA) is 65.1 Å². The molecule has 0 aliphatic carbocycles. The van der Waals surface area contributed by atoms with E-state index in [4.69, 9.17) is 14.5 Å². The number of likely N-dealkylation sites (tertiary alicyclic amines) is 1. The van der Waals surface area contributed by atoms with Crippen LogP contribution in [0.1, 0.15) is 31.4 Å². The minimum Gasteiger partial charge on any atom is -0.465 e. The first-order chi connectivity index (χ1) is 14.0. The van der Waals surface area contributed by atoms with Crippen LogP contribution in [0.4, 0.5) is 0 Å². The molecule has 2 saturated heterocycles. The maximum absolute atomic E-state index is 13.6. The molecule has 0 aromatic heterocycles. The second kappa shape index (κ2) is 7.61. The van der Waals surface area contributed by atoms with Gasteiger partial charge in [0.2, 0.25) is 5.91 Å². The van der Waals surface area contributed by atoms with E-state index in [1.54, 1.807) is 11.8 Å². The van der Waals surface area contributed by atoms with Crippen LogP contribution in [0.15, 0.2) is 60.7 Å². The van der Waals surface area contributed by atoms with Crippen LogP contribution in [0.25, 0.3) is 0 Å². The molecule has 2 fully saturated rings. The Morgan fingerprint density at radius 3 is 2.45 bits per heavy atom. The molecule has 0 bridgehead atoms. The van der Waals surface area contributed by atoms with Crippen molar-refractivity contribution in [3.05, 3.63) is 71.8 Å². The number of amides is 1. The summed E-state index contributed by atoms with van der Waals surface area (Å²) in [6, 6.07) is 19.2. The summed E-state index contributed by atoms with van der Waals surface area (Å²) in [6.45, 7) is 4.45. The summed E-state index contributed by atoms with van der Waals surface area (Å²) >= 11 is 0. The molecule has 152 valence electrons. The van der Waals surface area contributed by atoms with E-state index < -0.39 is 23.1 Å². The summed E-state index contributed by atoms with van der Waals surface area (Å²) < 4.78 is 5.36. The summed E-state index contributed by atoms with van der Waals surface area (Å²) in [5.74, 6) is -0.814. The number of benzene rings is 2. The first-order valence-electron chi connectivity index (χ1n) is 9.90. The number of rotatable bonds is 5. The molecule has 2 aromatic carbocycles. The molecular weight excluding hydrogens is 370 g/mol. The van der Waals surface area contributed by atoms with Gasteiger partial charge in [-0.25, -0.2) is 9.78 Å². The summed E-state index contributed by atoms with van der Waals surface area (Å²) in [6.07, 6.45) is -0.549. The van der Waals surface area contributed by atoms with E-state index >= 15 is 0 Å². The van der Waals surface area contributed by atoms with Gasteiger partial charge in [-0.2, -0.15) is 0 Å². The van der Waals surface area contributed by atoms with Crippen molar-refractivity contribution in [1.82, 2.24) is 4.90 Å². The summed E-state index contributed by atoms with van der Waals surface area (Å²) in [4.78, 5) is 39.9. The molecule has 0 N–H and O–H groups in total. The van der Waals surface area contributed by atoms with Gasteiger partial charge in [0, 0.05) is 13.0 Å². The van der Waals surface area contributed by atoms with Crippen molar-refractivity contribution in [2.24, 2.45) is 5.41 Å². The molecule has 2 aliphatic rings. The van der Waals surface area contributed by atoms with Gasteiger partial charge in [0.05, 0.1) is 13.2 Å². The van der Waals surface area contributed by atoms with Crippen LogP contribution in [-0.2, 0) is 36.2 Å². The third-order valence-corrected chi connectivity index (χ3v) is 5.81. The van der Waals surface area contributed by atoms with E-state index in [2.05, 4.69) is 0 Å². The Morgan fingerprint density at radius 1 is 1.14 bits per heavy atom. The zero-order chi connectivity index (χ0) is 20.5. The Balaban J connectivity index is 1.69.